The van der Waals surface area contributed by atoms with Crippen molar-refractivity contribution in [1.82, 2.24) is 4.90 Å². The third-order valence-electron chi connectivity index (χ3n) is 3.18. The van der Waals surface area contributed by atoms with Gasteiger partial charge in [-0.2, -0.15) is 0 Å². The summed E-state index contributed by atoms with van der Waals surface area (Å²) >= 11 is 0. The normalized spacial score (nSPS) is 26.7. The number of epoxide rings is 1. The zero-order valence-corrected chi connectivity index (χ0v) is 10.6. The molecule has 1 rings (SSSR count). The van der Waals surface area contributed by atoms with Crippen molar-refractivity contribution in [3.63, 3.8) is 0 Å². The molecule has 1 heterocycles. The van der Waals surface area contributed by atoms with Crippen LogP contribution in [0.1, 0.15) is 33.1 Å². The van der Waals surface area contributed by atoms with E-state index in [4.69, 9.17) is 4.74 Å². The van der Waals surface area contributed by atoms with E-state index in [1.165, 1.54) is 12.0 Å². The van der Waals surface area contributed by atoms with Crippen molar-refractivity contribution in [3.8, 4) is 0 Å². The van der Waals surface area contributed by atoms with Gasteiger partial charge < -0.3 is 9.64 Å². The van der Waals surface area contributed by atoms with Gasteiger partial charge in [-0.3, -0.25) is 0 Å². The summed E-state index contributed by atoms with van der Waals surface area (Å²) in [5.74, 6) is 0.691. The first-order chi connectivity index (χ1) is 7.00. The zero-order valence-electron chi connectivity index (χ0n) is 10.6. The van der Waals surface area contributed by atoms with Crippen LogP contribution in [0.3, 0.4) is 0 Å². The van der Waals surface area contributed by atoms with Gasteiger partial charge >= 0.3 is 0 Å². The predicted molar refractivity (Wildman–Crippen MR) is 65.0 cm³/mol. The van der Waals surface area contributed by atoms with Crippen molar-refractivity contribution < 1.29 is 4.74 Å². The second kappa shape index (κ2) is 5.66. The summed E-state index contributed by atoms with van der Waals surface area (Å²) in [6.45, 7) is 9.68. The van der Waals surface area contributed by atoms with Crippen LogP contribution >= 0.6 is 0 Å². The second-order valence-electron chi connectivity index (χ2n) is 5.13. The average molecular weight is 211 g/mol. The lowest BCUT2D eigenvalue weighted by Gasteiger charge is -2.13. The fourth-order valence-corrected chi connectivity index (χ4v) is 1.90. The summed E-state index contributed by atoms with van der Waals surface area (Å²) in [6, 6.07) is 0. The minimum absolute atomic E-state index is 0.495. The van der Waals surface area contributed by atoms with Crippen LogP contribution < -0.4 is 0 Å². The van der Waals surface area contributed by atoms with Crippen molar-refractivity contribution in [3.05, 3.63) is 12.2 Å². The number of ether oxygens (including phenoxy) is 1. The Morgan fingerprint density at radius 3 is 2.47 bits per heavy atom. The molecule has 0 aromatic carbocycles. The van der Waals surface area contributed by atoms with Crippen LogP contribution in [0, 0.1) is 5.92 Å². The molecule has 0 N–H and O–H groups in total. The lowest BCUT2D eigenvalue weighted by atomic mass is 9.96. The summed E-state index contributed by atoms with van der Waals surface area (Å²) in [5, 5.41) is 0. The van der Waals surface area contributed by atoms with Gasteiger partial charge in [0, 0.05) is 6.54 Å². The zero-order chi connectivity index (χ0) is 11.4. The summed E-state index contributed by atoms with van der Waals surface area (Å²) < 4.78 is 5.47. The third-order valence-corrected chi connectivity index (χ3v) is 3.18. The molecule has 0 spiro atoms. The molecule has 88 valence electrons. The molecule has 2 nitrogen and oxygen atoms in total. The Kier molecular flexibility index (Phi) is 4.81. The van der Waals surface area contributed by atoms with Crippen molar-refractivity contribution in [2.75, 3.05) is 20.6 Å². The predicted octanol–water partition coefficient (Wildman–Crippen LogP) is 2.70. The number of nitrogens with zero attached hydrogens (tertiary/aromatic N) is 1. The molecule has 0 aromatic rings. The molecule has 3 unspecified atom stereocenters. The van der Waals surface area contributed by atoms with Gasteiger partial charge in [-0.1, -0.05) is 19.1 Å². The highest BCUT2D eigenvalue weighted by molar-refractivity contribution is 4.96. The van der Waals surface area contributed by atoms with Gasteiger partial charge in [-0.05, 0) is 46.2 Å². The van der Waals surface area contributed by atoms with E-state index in [0.717, 1.165) is 19.4 Å². The van der Waals surface area contributed by atoms with Gasteiger partial charge in [0.25, 0.3) is 0 Å². The number of rotatable bonds is 7. The Labute approximate surface area is 94.3 Å². The van der Waals surface area contributed by atoms with Crippen molar-refractivity contribution >= 4 is 0 Å². The average Bonchev–Trinajstić information content (AvgIpc) is 2.88. The second-order valence-corrected chi connectivity index (χ2v) is 5.13. The summed E-state index contributed by atoms with van der Waals surface area (Å²) in [6.07, 6.45) is 4.52. The minimum atomic E-state index is 0.495. The van der Waals surface area contributed by atoms with Crippen LogP contribution in [0.2, 0.25) is 0 Å². The molecule has 15 heavy (non-hydrogen) atoms. The van der Waals surface area contributed by atoms with Crippen LogP contribution in [0.4, 0.5) is 0 Å². The van der Waals surface area contributed by atoms with Crippen LogP contribution in [0.25, 0.3) is 0 Å². The first-order valence-electron chi connectivity index (χ1n) is 5.97. The van der Waals surface area contributed by atoms with E-state index in [9.17, 15) is 0 Å². The first-order valence-corrected chi connectivity index (χ1v) is 5.97. The van der Waals surface area contributed by atoms with Gasteiger partial charge in [0.1, 0.15) is 0 Å². The third kappa shape index (κ3) is 4.80. The van der Waals surface area contributed by atoms with E-state index < -0.39 is 0 Å². The fourth-order valence-electron chi connectivity index (χ4n) is 1.90. The van der Waals surface area contributed by atoms with Gasteiger partial charge in [0.15, 0.2) is 0 Å². The van der Waals surface area contributed by atoms with Gasteiger partial charge in [0.05, 0.1) is 12.2 Å². The molecular formula is C13H25NO. The standard InChI is InChI=1S/C13H25NO/c1-10(8-9-14(4)5)6-7-11(2)13-12(3)15-13/h11-13H,1,6-9H2,2-5H3. The SMILES string of the molecule is C=C(CCC(C)C1OC1C)CCN(C)C. The summed E-state index contributed by atoms with van der Waals surface area (Å²) in [5.41, 5.74) is 1.38. The van der Waals surface area contributed by atoms with E-state index in [-0.39, 0.29) is 0 Å². The summed E-state index contributed by atoms with van der Waals surface area (Å²) in [4.78, 5) is 2.21. The topological polar surface area (TPSA) is 15.8 Å². The Hall–Kier alpha value is -0.340. The molecule has 0 bridgehead atoms. The lowest BCUT2D eigenvalue weighted by Crippen LogP contribution is -2.13. The van der Waals surface area contributed by atoms with E-state index in [1.54, 1.807) is 0 Å². The van der Waals surface area contributed by atoms with Crippen LogP contribution in [-0.4, -0.2) is 37.7 Å². The number of hydrogen-bond donors (Lipinski definition) is 0. The van der Waals surface area contributed by atoms with Crippen LogP contribution in [0.15, 0.2) is 12.2 Å². The van der Waals surface area contributed by atoms with Crippen molar-refractivity contribution in [2.45, 2.75) is 45.3 Å². The highest BCUT2D eigenvalue weighted by Gasteiger charge is 2.38. The maximum atomic E-state index is 5.47. The van der Waals surface area contributed by atoms with E-state index in [0.29, 0.717) is 18.1 Å². The Morgan fingerprint density at radius 2 is 2.00 bits per heavy atom. The van der Waals surface area contributed by atoms with E-state index >= 15 is 0 Å². The molecule has 1 aliphatic heterocycles. The maximum absolute atomic E-state index is 5.47. The Bertz CT molecular complexity index is 213. The van der Waals surface area contributed by atoms with Crippen LogP contribution in [-0.2, 0) is 4.74 Å². The molecule has 1 aliphatic rings. The largest absolute Gasteiger partial charge is 0.370 e. The monoisotopic (exact) mass is 211 g/mol. The Morgan fingerprint density at radius 1 is 1.40 bits per heavy atom. The van der Waals surface area contributed by atoms with Crippen LogP contribution in [0.5, 0.6) is 0 Å². The van der Waals surface area contributed by atoms with Gasteiger partial charge in [0.2, 0.25) is 0 Å². The summed E-state index contributed by atoms with van der Waals surface area (Å²) in [7, 11) is 4.21. The molecule has 1 saturated heterocycles. The lowest BCUT2D eigenvalue weighted by molar-refractivity contribution is 0.319. The molecular weight excluding hydrogens is 186 g/mol. The van der Waals surface area contributed by atoms with Gasteiger partial charge in [-0.15, -0.1) is 0 Å². The minimum Gasteiger partial charge on any atom is -0.370 e. The fraction of sp³-hybridized carbons (Fsp3) is 0.846. The smallest absolute Gasteiger partial charge is 0.0864 e. The van der Waals surface area contributed by atoms with E-state index in [1.807, 2.05) is 0 Å². The molecule has 0 radical (unpaired) electrons. The Balaban J connectivity index is 2.06. The van der Waals surface area contributed by atoms with E-state index in [2.05, 4.69) is 39.4 Å². The molecule has 3 atom stereocenters. The maximum Gasteiger partial charge on any atom is 0.0864 e. The first kappa shape index (κ1) is 12.7. The molecule has 0 amide bonds. The quantitative estimate of drug-likeness (QED) is 0.475. The molecule has 2 heteroatoms. The molecule has 1 fully saturated rings. The molecule has 0 saturated carbocycles. The molecule has 0 aromatic heterocycles. The number of hydrogen-bond acceptors (Lipinski definition) is 2. The molecule has 0 aliphatic carbocycles. The highest BCUT2D eigenvalue weighted by Crippen LogP contribution is 2.32. The van der Waals surface area contributed by atoms with Crippen molar-refractivity contribution in [2.24, 2.45) is 5.92 Å². The van der Waals surface area contributed by atoms with Crippen molar-refractivity contribution in [1.29, 1.82) is 0 Å². The highest BCUT2D eigenvalue weighted by atomic mass is 16.6. The van der Waals surface area contributed by atoms with Gasteiger partial charge in [-0.25, -0.2) is 0 Å².